The summed E-state index contributed by atoms with van der Waals surface area (Å²) in [6, 6.07) is 8.35. The minimum atomic E-state index is -0.505. The molecule has 3 unspecified atom stereocenters. The predicted molar refractivity (Wildman–Crippen MR) is 151 cm³/mol. The normalized spacial score (nSPS) is 23.7. The minimum absolute atomic E-state index is 0.000739. The SMILES string of the molecule is COCC1CCN1CC=CC(=O)Nc1cc2c(Nc3ccc(F)c(Cl)c3)ncnc2cc1OCC1C2COCC21. The van der Waals surface area contributed by atoms with Gasteiger partial charge >= 0.3 is 0 Å². The average Bonchev–Trinajstić information content (AvgIpc) is 3.35. The lowest BCUT2D eigenvalue weighted by Crippen LogP contribution is -2.50. The van der Waals surface area contributed by atoms with Gasteiger partial charge in [0, 0.05) is 55.4 Å². The van der Waals surface area contributed by atoms with Gasteiger partial charge in [0.1, 0.15) is 23.7 Å². The molecule has 3 heterocycles. The van der Waals surface area contributed by atoms with Gasteiger partial charge in [-0.1, -0.05) is 17.7 Å². The number of methoxy groups -OCH3 is 1. The molecule has 3 aromatic rings. The molecule has 9 nitrogen and oxygen atoms in total. The predicted octanol–water partition coefficient (Wildman–Crippen LogP) is 4.65. The number of anilines is 3. The Bertz CT molecular complexity index is 1430. The van der Waals surface area contributed by atoms with Crippen molar-refractivity contribution >= 4 is 45.6 Å². The maximum absolute atomic E-state index is 13.7. The summed E-state index contributed by atoms with van der Waals surface area (Å²) in [5, 5.41) is 6.82. The van der Waals surface area contributed by atoms with Crippen LogP contribution in [0.2, 0.25) is 5.02 Å². The first kappa shape index (κ1) is 26.9. The number of halogens is 2. The van der Waals surface area contributed by atoms with Gasteiger partial charge in [-0.05, 0) is 42.5 Å². The second kappa shape index (κ2) is 11.7. The molecular weight excluding hydrogens is 537 g/mol. The number of nitrogens with zero attached hydrogens (tertiary/aromatic N) is 3. The van der Waals surface area contributed by atoms with Crippen molar-refractivity contribution in [1.82, 2.24) is 14.9 Å². The summed E-state index contributed by atoms with van der Waals surface area (Å²) in [5.74, 6) is 1.81. The highest BCUT2D eigenvalue weighted by Crippen LogP contribution is 2.51. The van der Waals surface area contributed by atoms with E-state index in [0.717, 1.165) is 26.2 Å². The lowest BCUT2D eigenvalue weighted by Gasteiger charge is -2.39. The summed E-state index contributed by atoms with van der Waals surface area (Å²) >= 11 is 5.96. The van der Waals surface area contributed by atoms with Crippen LogP contribution in [0.5, 0.6) is 5.75 Å². The topological polar surface area (TPSA) is 97.8 Å². The summed E-state index contributed by atoms with van der Waals surface area (Å²) in [5.41, 5.74) is 1.72. The number of likely N-dealkylation sites (tertiary alicyclic amines) is 1. The molecule has 3 aliphatic rings. The highest BCUT2D eigenvalue weighted by molar-refractivity contribution is 6.31. The molecule has 210 valence electrons. The number of hydrogen-bond acceptors (Lipinski definition) is 8. The van der Waals surface area contributed by atoms with Crippen molar-refractivity contribution in [3.05, 3.63) is 59.7 Å². The summed E-state index contributed by atoms with van der Waals surface area (Å²) < 4.78 is 30.7. The highest BCUT2D eigenvalue weighted by Gasteiger charge is 2.54. The van der Waals surface area contributed by atoms with Crippen molar-refractivity contribution in [3.63, 3.8) is 0 Å². The van der Waals surface area contributed by atoms with Gasteiger partial charge in [-0.15, -0.1) is 0 Å². The largest absolute Gasteiger partial charge is 0.491 e. The molecule has 0 spiro atoms. The second-order valence-electron chi connectivity index (χ2n) is 10.5. The molecule has 2 aromatic carbocycles. The Labute approximate surface area is 236 Å². The molecule has 1 aromatic heterocycles. The number of carbonyl (C=O) groups excluding carboxylic acids is 1. The van der Waals surface area contributed by atoms with Crippen LogP contribution in [-0.2, 0) is 14.3 Å². The molecule has 1 amide bonds. The molecule has 40 heavy (non-hydrogen) atoms. The van der Waals surface area contributed by atoms with Crippen LogP contribution in [0.15, 0.2) is 48.8 Å². The van der Waals surface area contributed by atoms with Crippen molar-refractivity contribution in [1.29, 1.82) is 0 Å². The van der Waals surface area contributed by atoms with E-state index in [1.165, 1.54) is 18.5 Å². The smallest absolute Gasteiger partial charge is 0.248 e. The third-order valence-corrected chi connectivity index (χ3v) is 8.26. The monoisotopic (exact) mass is 567 g/mol. The summed E-state index contributed by atoms with van der Waals surface area (Å²) in [6.07, 6.45) is 5.94. The van der Waals surface area contributed by atoms with Crippen LogP contribution in [0.1, 0.15) is 6.42 Å². The Morgan fingerprint density at radius 3 is 2.83 bits per heavy atom. The first-order valence-corrected chi connectivity index (χ1v) is 13.8. The maximum atomic E-state index is 13.7. The van der Waals surface area contributed by atoms with Crippen molar-refractivity contribution in [2.24, 2.45) is 17.8 Å². The summed E-state index contributed by atoms with van der Waals surface area (Å²) in [6.45, 7) is 4.47. The highest BCUT2D eigenvalue weighted by atomic mass is 35.5. The van der Waals surface area contributed by atoms with E-state index >= 15 is 0 Å². The second-order valence-corrected chi connectivity index (χ2v) is 10.9. The first-order chi connectivity index (χ1) is 19.5. The van der Waals surface area contributed by atoms with E-state index in [1.54, 1.807) is 25.3 Å². The number of fused-ring (bicyclic) bond motifs is 2. The molecule has 3 fully saturated rings. The molecule has 11 heteroatoms. The molecule has 1 saturated carbocycles. The van der Waals surface area contributed by atoms with Crippen LogP contribution < -0.4 is 15.4 Å². The molecule has 1 aliphatic carbocycles. The van der Waals surface area contributed by atoms with Crippen LogP contribution in [0.4, 0.5) is 21.6 Å². The van der Waals surface area contributed by atoms with Crippen molar-refractivity contribution < 1.29 is 23.4 Å². The number of rotatable bonds is 11. The van der Waals surface area contributed by atoms with Gasteiger partial charge in [0.15, 0.2) is 0 Å². The standard InChI is InChI=1S/C29H31ClFN5O4/c1-38-12-18-6-8-36(18)7-2-3-28(37)35-26-10-19-25(11-27(26)40-15-22-20-13-39-14-21(20)22)32-16-33-29(19)34-17-4-5-24(31)23(30)9-17/h2-5,9-11,16,18,20-22H,6-8,12-15H2,1H3,(H,35,37)(H,32,33,34). The van der Waals surface area contributed by atoms with Crippen molar-refractivity contribution in [2.75, 3.05) is 57.3 Å². The molecule has 0 radical (unpaired) electrons. The quantitative estimate of drug-likeness (QED) is 0.323. The fraction of sp³-hybridized carbons (Fsp3) is 0.414. The van der Waals surface area contributed by atoms with Gasteiger partial charge in [0.05, 0.1) is 42.7 Å². The van der Waals surface area contributed by atoms with Gasteiger partial charge in [-0.3, -0.25) is 9.69 Å². The number of ether oxygens (including phenoxy) is 3. The third-order valence-electron chi connectivity index (χ3n) is 7.97. The van der Waals surface area contributed by atoms with E-state index in [9.17, 15) is 9.18 Å². The molecular formula is C29H31ClFN5O4. The van der Waals surface area contributed by atoms with E-state index in [0.29, 0.717) is 77.4 Å². The van der Waals surface area contributed by atoms with E-state index in [1.807, 2.05) is 12.1 Å². The van der Waals surface area contributed by atoms with E-state index < -0.39 is 5.82 Å². The number of hydrogen-bond donors (Lipinski definition) is 2. The van der Waals surface area contributed by atoms with Crippen molar-refractivity contribution in [2.45, 2.75) is 12.5 Å². The molecule has 2 saturated heterocycles. The molecule has 0 bridgehead atoms. The van der Waals surface area contributed by atoms with Crippen molar-refractivity contribution in [3.8, 4) is 5.75 Å². The Morgan fingerprint density at radius 2 is 2.08 bits per heavy atom. The van der Waals surface area contributed by atoms with Gasteiger partial charge in [0.25, 0.3) is 0 Å². The first-order valence-electron chi connectivity index (χ1n) is 13.4. The van der Waals surface area contributed by atoms with Gasteiger partial charge in [-0.25, -0.2) is 14.4 Å². The number of aromatic nitrogens is 2. The Kier molecular flexibility index (Phi) is 7.84. The molecule has 6 rings (SSSR count). The molecule has 2 N–H and O–H groups in total. The summed E-state index contributed by atoms with van der Waals surface area (Å²) in [7, 11) is 1.70. The number of benzene rings is 2. The van der Waals surface area contributed by atoms with Crippen LogP contribution in [0.25, 0.3) is 10.9 Å². The van der Waals surface area contributed by atoms with Gasteiger partial charge < -0.3 is 24.8 Å². The minimum Gasteiger partial charge on any atom is -0.491 e. The zero-order chi connectivity index (χ0) is 27.6. The van der Waals surface area contributed by atoms with Crippen LogP contribution in [-0.4, -0.2) is 73.4 Å². The van der Waals surface area contributed by atoms with Gasteiger partial charge in [0.2, 0.25) is 5.91 Å². The van der Waals surface area contributed by atoms with Gasteiger partial charge in [-0.2, -0.15) is 0 Å². The lowest BCUT2D eigenvalue weighted by atomic mass is 10.0. The fourth-order valence-electron chi connectivity index (χ4n) is 5.49. The van der Waals surface area contributed by atoms with Crippen LogP contribution in [0.3, 0.4) is 0 Å². The average molecular weight is 568 g/mol. The molecule has 3 atom stereocenters. The summed E-state index contributed by atoms with van der Waals surface area (Å²) in [4.78, 5) is 24.0. The number of carbonyl (C=O) groups is 1. The zero-order valence-corrected chi connectivity index (χ0v) is 22.9. The third kappa shape index (κ3) is 5.76. The molecule has 2 aliphatic heterocycles. The van der Waals surface area contributed by atoms with E-state index in [4.69, 9.17) is 25.8 Å². The zero-order valence-electron chi connectivity index (χ0n) is 22.1. The number of nitrogens with one attached hydrogen (secondary N) is 2. The van der Waals surface area contributed by atoms with E-state index in [-0.39, 0.29) is 10.9 Å². The fourth-order valence-corrected chi connectivity index (χ4v) is 5.67. The number of amides is 1. The maximum Gasteiger partial charge on any atom is 0.248 e. The Hall–Kier alpha value is -3.31. The Balaban J connectivity index is 1.22. The van der Waals surface area contributed by atoms with E-state index in [2.05, 4.69) is 25.5 Å². The Morgan fingerprint density at radius 1 is 1.23 bits per heavy atom. The van der Waals surface area contributed by atoms with Crippen LogP contribution in [0, 0.1) is 23.6 Å². The van der Waals surface area contributed by atoms with Crippen LogP contribution >= 0.6 is 11.6 Å². The lowest BCUT2D eigenvalue weighted by molar-refractivity contribution is -0.112.